The molecule has 2 aromatic rings. The summed E-state index contributed by atoms with van der Waals surface area (Å²) in [4.78, 5) is 1.26. The van der Waals surface area contributed by atoms with Gasteiger partial charge in [-0.2, -0.15) is 5.10 Å². The molecule has 1 atom stereocenters. The van der Waals surface area contributed by atoms with E-state index in [0.29, 0.717) is 21.3 Å². The van der Waals surface area contributed by atoms with Crippen molar-refractivity contribution in [2.75, 3.05) is 19.3 Å². The second-order valence-corrected chi connectivity index (χ2v) is 8.65. The van der Waals surface area contributed by atoms with E-state index in [1.54, 1.807) is 6.26 Å². The van der Waals surface area contributed by atoms with Gasteiger partial charge in [0.2, 0.25) is 0 Å². The van der Waals surface area contributed by atoms with Crippen molar-refractivity contribution in [2.24, 2.45) is 21.9 Å². The van der Waals surface area contributed by atoms with Gasteiger partial charge in [-0.1, -0.05) is 44.2 Å². The van der Waals surface area contributed by atoms with Crippen LogP contribution in [0.2, 0.25) is 0 Å². The summed E-state index contributed by atoms with van der Waals surface area (Å²) in [6.07, 6.45) is 3.91. The van der Waals surface area contributed by atoms with E-state index in [0.717, 1.165) is 49.0 Å². The maximum atomic E-state index is 12.2. The van der Waals surface area contributed by atoms with Crippen LogP contribution < -0.4 is 27.6 Å². The Balaban J connectivity index is 0.00000155. The Hall–Kier alpha value is -1.91. The van der Waals surface area contributed by atoms with Crippen molar-refractivity contribution >= 4 is 28.6 Å². The third kappa shape index (κ3) is 5.41. The smallest absolute Gasteiger partial charge is 0.168 e. The third-order valence-electron chi connectivity index (χ3n) is 5.08. The number of benzene rings is 2. The van der Waals surface area contributed by atoms with Gasteiger partial charge in [-0.25, -0.2) is 5.84 Å². The number of hydrazine groups is 1. The van der Waals surface area contributed by atoms with Gasteiger partial charge in [-0.3, -0.25) is 9.35 Å². The van der Waals surface area contributed by atoms with E-state index in [-0.39, 0.29) is 5.84 Å². The largest absolute Gasteiger partial charge is 0.321 e. The van der Waals surface area contributed by atoms with Gasteiger partial charge in [0.15, 0.2) is 5.84 Å². The van der Waals surface area contributed by atoms with Crippen molar-refractivity contribution in [1.29, 1.82) is 0 Å². The lowest BCUT2D eigenvalue weighted by Crippen LogP contribution is -2.33. The molecule has 3 rings (SSSR count). The molecule has 0 radical (unpaired) electrons. The minimum Gasteiger partial charge on any atom is -0.321 e. The Morgan fingerprint density at radius 3 is 2.30 bits per heavy atom. The summed E-state index contributed by atoms with van der Waals surface area (Å²) in [6.45, 7) is 6.11. The predicted molar refractivity (Wildman–Crippen MR) is 128 cm³/mol. The number of nitrogens with zero attached hydrogens (tertiary/aromatic N) is 1. The van der Waals surface area contributed by atoms with Crippen molar-refractivity contribution in [3.8, 4) is 11.1 Å². The van der Waals surface area contributed by atoms with Crippen LogP contribution in [0.15, 0.2) is 51.3 Å². The molecule has 0 spiro atoms. The summed E-state index contributed by atoms with van der Waals surface area (Å²) in [5.41, 5.74) is 6.40. The number of hydrogen-bond donors (Lipinski definition) is 5. The average Bonchev–Trinajstić information content (AvgIpc) is 2.81. The van der Waals surface area contributed by atoms with E-state index < -0.39 is 10.8 Å². The Morgan fingerprint density at radius 2 is 1.80 bits per heavy atom. The van der Waals surface area contributed by atoms with Gasteiger partial charge in [0.05, 0.1) is 20.6 Å². The molecule has 0 aromatic heterocycles. The quantitative estimate of drug-likeness (QED) is 0.156. The Bertz CT molecular complexity index is 880. The highest BCUT2D eigenvalue weighted by atomic mass is 32.2. The Morgan fingerprint density at radius 1 is 1.17 bits per heavy atom. The maximum absolute atomic E-state index is 12.2. The zero-order chi connectivity index (χ0) is 22.1. The molecule has 0 amide bonds. The van der Waals surface area contributed by atoms with Crippen molar-refractivity contribution in [3.63, 3.8) is 0 Å². The molecule has 1 aliphatic rings. The van der Waals surface area contributed by atoms with Crippen LogP contribution in [0, 0.1) is 0 Å². The number of piperidine rings is 1. The molecule has 1 aliphatic heterocycles. The van der Waals surface area contributed by atoms with Crippen LogP contribution in [-0.2, 0) is 10.8 Å². The molecule has 1 heterocycles. The first kappa shape index (κ1) is 24.4. The van der Waals surface area contributed by atoms with Crippen LogP contribution in [0.5, 0.6) is 0 Å². The zero-order valence-electron chi connectivity index (χ0n) is 17.8. The highest BCUT2D eigenvalue weighted by Crippen LogP contribution is 2.35. The van der Waals surface area contributed by atoms with Crippen molar-refractivity contribution in [1.82, 2.24) is 10.7 Å². The number of amidine groups is 1. The molecule has 8 N–H and O–H groups in total. The second kappa shape index (κ2) is 12.1. The maximum Gasteiger partial charge on any atom is 0.168 e. The molecule has 9 heteroatoms. The lowest BCUT2D eigenvalue weighted by Gasteiger charge is -2.23. The molecule has 1 fully saturated rings. The normalized spacial score (nSPS) is 15.8. The predicted octanol–water partition coefficient (Wildman–Crippen LogP) is 2.63. The first-order valence-corrected chi connectivity index (χ1v) is 12.5. The molecule has 1 unspecified atom stereocenters. The summed E-state index contributed by atoms with van der Waals surface area (Å²) in [5, 5.41) is 13.1. The molecule has 0 saturated carbocycles. The van der Waals surface area contributed by atoms with Crippen LogP contribution >= 0.6 is 11.9 Å². The van der Waals surface area contributed by atoms with E-state index in [4.69, 9.17) is 16.8 Å². The number of nitrogens with two attached hydrogens (primary N) is 3. The summed E-state index contributed by atoms with van der Waals surface area (Å²) in [5.74, 6) is 12.1. The van der Waals surface area contributed by atoms with Gasteiger partial charge >= 0.3 is 0 Å². The van der Waals surface area contributed by atoms with Gasteiger partial charge in [0, 0.05) is 11.8 Å². The van der Waals surface area contributed by atoms with E-state index in [2.05, 4.69) is 40.1 Å². The van der Waals surface area contributed by atoms with Gasteiger partial charge in [0.25, 0.3) is 0 Å². The zero-order valence-corrected chi connectivity index (χ0v) is 19.4. The summed E-state index contributed by atoms with van der Waals surface area (Å²) in [6, 6.07) is 12.3. The minimum absolute atomic E-state index is 0.290. The third-order valence-corrected chi connectivity index (χ3v) is 6.83. The fourth-order valence-corrected chi connectivity index (χ4v) is 5.27. The first-order chi connectivity index (χ1) is 14.6. The number of nitrogens with one attached hydrogen (secondary N) is 2. The highest BCUT2D eigenvalue weighted by molar-refractivity contribution is 7.97. The molecule has 30 heavy (non-hydrogen) atoms. The van der Waals surface area contributed by atoms with Crippen molar-refractivity contribution in [3.05, 3.63) is 47.5 Å². The van der Waals surface area contributed by atoms with Crippen LogP contribution in [0.3, 0.4) is 0 Å². The summed E-state index contributed by atoms with van der Waals surface area (Å²) >= 11 is 1.01. The standard InChI is InChI=1S/C19H26N6OS2.C2H6/c1-28(26)16-7-6-15(17(18(16)27-22)19(24-20)25-21)14-4-2-12(3-5-14)13-8-10-23-11-9-13;1-2/h2-7,13,23H,8-11,20-22H2,1H3,(H,24,25);1-2H3. The van der Waals surface area contributed by atoms with E-state index in [9.17, 15) is 4.21 Å². The van der Waals surface area contributed by atoms with E-state index in [1.807, 2.05) is 26.0 Å². The fraction of sp³-hybridized carbons (Fsp3) is 0.381. The molecule has 0 aliphatic carbocycles. The van der Waals surface area contributed by atoms with E-state index >= 15 is 0 Å². The number of hydrogen-bond acceptors (Lipinski definition) is 7. The topological polar surface area (TPSA) is 132 Å². The molecular formula is C21H32N6OS2. The van der Waals surface area contributed by atoms with Crippen molar-refractivity contribution in [2.45, 2.75) is 42.4 Å². The molecule has 1 saturated heterocycles. The first-order valence-electron chi connectivity index (χ1n) is 10.0. The summed E-state index contributed by atoms with van der Waals surface area (Å²) in [7, 11) is -1.21. The molecule has 164 valence electrons. The van der Waals surface area contributed by atoms with Crippen molar-refractivity contribution < 1.29 is 4.21 Å². The van der Waals surface area contributed by atoms with Gasteiger partial charge in [0.1, 0.15) is 0 Å². The van der Waals surface area contributed by atoms with Crippen LogP contribution in [-0.4, -0.2) is 29.4 Å². The highest BCUT2D eigenvalue weighted by Gasteiger charge is 2.21. The molecule has 0 bridgehead atoms. The lowest BCUT2D eigenvalue weighted by atomic mass is 9.88. The second-order valence-electron chi connectivity index (χ2n) is 6.66. The number of hydrazone groups is 1. The van der Waals surface area contributed by atoms with Gasteiger partial charge < -0.3 is 16.6 Å². The Kier molecular flexibility index (Phi) is 9.80. The van der Waals surface area contributed by atoms with Gasteiger partial charge in [-0.15, -0.1) is 0 Å². The molecule has 7 nitrogen and oxygen atoms in total. The van der Waals surface area contributed by atoms with Gasteiger partial charge in [-0.05, 0) is 66.6 Å². The molecular weight excluding hydrogens is 416 g/mol. The van der Waals surface area contributed by atoms with E-state index in [1.165, 1.54) is 5.56 Å². The fourth-order valence-electron chi connectivity index (χ4n) is 3.65. The number of rotatable bonds is 5. The summed E-state index contributed by atoms with van der Waals surface area (Å²) < 4.78 is 12.2. The van der Waals surface area contributed by atoms with Crippen LogP contribution in [0.1, 0.15) is 43.7 Å². The van der Waals surface area contributed by atoms with Crippen LogP contribution in [0.4, 0.5) is 0 Å². The SMILES string of the molecule is CC.CS(=O)c1ccc(-c2ccc(C3CCNCC3)cc2)c(/C(=N/N)NN)c1SN. The Labute approximate surface area is 185 Å². The lowest BCUT2D eigenvalue weighted by molar-refractivity contribution is 0.460. The minimum atomic E-state index is -1.21. The molecule has 2 aromatic carbocycles. The average molecular weight is 449 g/mol. The van der Waals surface area contributed by atoms with Crippen LogP contribution in [0.25, 0.3) is 11.1 Å². The monoisotopic (exact) mass is 448 g/mol.